The van der Waals surface area contributed by atoms with Gasteiger partial charge in [-0.1, -0.05) is 18.2 Å². The van der Waals surface area contributed by atoms with Gasteiger partial charge in [0.15, 0.2) is 5.82 Å². The Hall–Kier alpha value is -4.20. The van der Waals surface area contributed by atoms with Crippen LogP contribution in [0.2, 0.25) is 5.02 Å². The largest absolute Gasteiger partial charge is 0.461 e. The number of piperazine rings is 1. The lowest BCUT2D eigenvalue weighted by Gasteiger charge is -2.40. The van der Waals surface area contributed by atoms with E-state index in [0.29, 0.717) is 32.5 Å². The molecule has 2 atom stereocenters. The zero-order valence-corrected chi connectivity index (χ0v) is 25.0. The Morgan fingerprint density at radius 3 is 2.59 bits per heavy atom. The number of carbonyl (C=O) groups excluding carboxylic acids is 2. The number of amides is 2. The lowest BCUT2D eigenvalue weighted by Crippen LogP contribution is -2.53. The second kappa shape index (κ2) is 11.7. The fourth-order valence-corrected chi connectivity index (χ4v) is 6.01. The van der Waals surface area contributed by atoms with Crippen LogP contribution in [0.5, 0.6) is 6.01 Å². The van der Waals surface area contributed by atoms with Crippen LogP contribution in [-0.2, 0) is 15.8 Å². The number of halogens is 5. The summed E-state index contributed by atoms with van der Waals surface area (Å²) >= 11 is 6.52. The van der Waals surface area contributed by atoms with Crippen molar-refractivity contribution in [3.8, 4) is 17.3 Å². The van der Waals surface area contributed by atoms with Gasteiger partial charge in [-0.15, -0.1) is 0 Å². The number of fused-ring (bicyclic) bond motifs is 1. The average molecular weight is 636 g/mol. The van der Waals surface area contributed by atoms with Crippen LogP contribution >= 0.6 is 11.6 Å². The third kappa shape index (κ3) is 5.70. The maximum atomic E-state index is 16.5. The molecule has 5 rings (SSSR count). The van der Waals surface area contributed by atoms with Gasteiger partial charge in [0.1, 0.15) is 23.8 Å². The summed E-state index contributed by atoms with van der Waals surface area (Å²) in [6.07, 6.45) is -2.78. The first-order chi connectivity index (χ1) is 20.7. The topological polar surface area (TPSA) is 118 Å². The Labute approximate surface area is 255 Å². The maximum absolute atomic E-state index is 16.5. The van der Waals surface area contributed by atoms with E-state index in [2.05, 4.69) is 21.5 Å². The Balaban J connectivity index is 1.68. The molecule has 2 aromatic heterocycles. The molecule has 2 saturated heterocycles. The van der Waals surface area contributed by atoms with E-state index in [1.54, 1.807) is 16.8 Å². The van der Waals surface area contributed by atoms with Crippen LogP contribution in [0.1, 0.15) is 30.9 Å². The minimum atomic E-state index is -4.89. The predicted octanol–water partition coefficient (Wildman–Crippen LogP) is 4.62. The van der Waals surface area contributed by atoms with E-state index in [1.807, 2.05) is 11.8 Å². The highest BCUT2D eigenvalue weighted by atomic mass is 35.5. The number of hydrogen-bond acceptors (Lipinski definition) is 8. The summed E-state index contributed by atoms with van der Waals surface area (Å²) in [5.41, 5.74) is 2.63. The molecule has 0 aliphatic carbocycles. The standard InChI is InChI=1S/C29H30ClF4N7O3/c1-5-20(42)40-8-9-41(15(3)12-40)27-17-11-18(30)22(26-23(29(32,33)34)14(2)10-19(35)36-26)24(31)25(17)37-28(38-27)44-13-16-6-7-21(43)39(16)4/h5,10-11,15-16H,1,6-9,12-13H2,2-4H3,(H2,35,36)/t15-,16-/m0/s1. The van der Waals surface area contributed by atoms with Gasteiger partial charge in [-0.25, -0.2) is 9.37 Å². The van der Waals surface area contributed by atoms with Crippen molar-refractivity contribution in [3.63, 3.8) is 0 Å². The number of hydrogen-bond donors (Lipinski definition) is 1. The monoisotopic (exact) mass is 635 g/mol. The quantitative estimate of drug-likeness (QED) is 0.308. The second-order valence-electron chi connectivity index (χ2n) is 10.9. The Morgan fingerprint density at radius 2 is 1.98 bits per heavy atom. The van der Waals surface area contributed by atoms with Gasteiger partial charge in [0, 0.05) is 44.5 Å². The molecule has 44 heavy (non-hydrogen) atoms. The average Bonchev–Trinajstić information content (AvgIpc) is 3.27. The molecule has 1 aromatic carbocycles. The van der Waals surface area contributed by atoms with E-state index in [9.17, 15) is 22.8 Å². The number of benzene rings is 1. The van der Waals surface area contributed by atoms with Crippen molar-refractivity contribution in [1.29, 1.82) is 0 Å². The smallest absolute Gasteiger partial charge is 0.418 e. The molecule has 2 aliphatic rings. The number of alkyl halides is 3. The second-order valence-corrected chi connectivity index (χ2v) is 11.3. The number of nitrogens with two attached hydrogens (primary N) is 1. The number of likely N-dealkylation sites (tertiary alicyclic amines) is 1. The minimum absolute atomic E-state index is 0.0145. The summed E-state index contributed by atoms with van der Waals surface area (Å²) in [7, 11) is 1.65. The maximum Gasteiger partial charge on any atom is 0.418 e. The molecule has 2 aliphatic heterocycles. The highest BCUT2D eigenvalue weighted by Crippen LogP contribution is 2.44. The Kier molecular flexibility index (Phi) is 8.31. The number of aromatic nitrogens is 3. The summed E-state index contributed by atoms with van der Waals surface area (Å²) in [5.74, 6) is -1.48. The summed E-state index contributed by atoms with van der Waals surface area (Å²) in [4.78, 5) is 41.9. The molecule has 0 bridgehead atoms. The van der Waals surface area contributed by atoms with Crippen LogP contribution in [0, 0.1) is 12.7 Å². The van der Waals surface area contributed by atoms with Crippen LogP contribution in [0.25, 0.3) is 22.2 Å². The highest BCUT2D eigenvalue weighted by Gasteiger charge is 2.39. The summed E-state index contributed by atoms with van der Waals surface area (Å²) in [5, 5.41) is -0.225. The molecule has 2 fully saturated rings. The zero-order valence-electron chi connectivity index (χ0n) is 24.2. The van der Waals surface area contributed by atoms with Crippen LogP contribution < -0.4 is 15.4 Å². The number of pyridine rings is 1. The van der Waals surface area contributed by atoms with Crippen molar-refractivity contribution in [2.45, 2.75) is 44.9 Å². The first kappa shape index (κ1) is 31.2. The van der Waals surface area contributed by atoms with Crippen molar-refractivity contribution >= 4 is 46.0 Å². The third-order valence-corrected chi connectivity index (χ3v) is 8.32. The van der Waals surface area contributed by atoms with E-state index in [4.69, 9.17) is 22.1 Å². The van der Waals surface area contributed by atoms with E-state index < -0.39 is 28.8 Å². The van der Waals surface area contributed by atoms with Crippen LogP contribution in [0.4, 0.5) is 29.2 Å². The Bertz CT molecular complexity index is 1670. The number of nitrogen functional groups attached to an aromatic ring is 1. The first-order valence-corrected chi connectivity index (χ1v) is 14.2. The number of anilines is 2. The number of aryl methyl sites for hydroxylation is 1. The van der Waals surface area contributed by atoms with Crippen molar-refractivity contribution in [1.82, 2.24) is 24.8 Å². The number of carbonyl (C=O) groups is 2. The molecule has 0 saturated carbocycles. The van der Waals surface area contributed by atoms with Crippen molar-refractivity contribution in [2.24, 2.45) is 0 Å². The van der Waals surface area contributed by atoms with Gasteiger partial charge < -0.3 is 25.2 Å². The molecular formula is C29H30ClF4N7O3. The van der Waals surface area contributed by atoms with Gasteiger partial charge >= 0.3 is 12.2 Å². The first-order valence-electron chi connectivity index (χ1n) is 13.8. The van der Waals surface area contributed by atoms with Crippen molar-refractivity contribution in [3.05, 3.63) is 46.8 Å². The number of nitrogens with zero attached hydrogens (tertiary/aromatic N) is 6. The number of likely N-dealkylation sites (N-methyl/N-ethyl adjacent to an activating group) is 1. The van der Waals surface area contributed by atoms with E-state index in [1.165, 1.54) is 19.1 Å². The third-order valence-electron chi connectivity index (χ3n) is 8.02. The molecule has 0 radical (unpaired) electrons. The summed E-state index contributed by atoms with van der Waals surface area (Å²) < 4.78 is 64.9. The fraction of sp³-hybridized carbons (Fsp3) is 0.414. The zero-order chi connectivity index (χ0) is 32.1. The van der Waals surface area contributed by atoms with Crippen molar-refractivity contribution < 1.29 is 31.9 Å². The lowest BCUT2D eigenvalue weighted by atomic mass is 9.99. The van der Waals surface area contributed by atoms with E-state index in [0.717, 1.165) is 6.07 Å². The van der Waals surface area contributed by atoms with Gasteiger partial charge in [-0.3, -0.25) is 9.59 Å². The van der Waals surface area contributed by atoms with Gasteiger partial charge in [-0.05, 0) is 44.0 Å². The molecule has 234 valence electrons. The normalized spacial score (nSPS) is 19.2. The molecular weight excluding hydrogens is 606 g/mol. The van der Waals surface area contributed by atoms with Crippen LogP contribution in [-0.4, -0.2) is 81.9 Å². The van der Waals surface area contributed by atoms with Gasteiger partial charge in [0.2, 0.25) is 11.8 Å². The molecule has 0 spiro atoms. The van der Waals surface area contributed by atoms with Gasteiger partial charge in [0.05, 0.1) is 27.9 Å². The minimum Gasteiger partial charge on any atom is -0.461 e. The Morgan fingerprint density at radius 1 is 1.25 bits per heavy atom. The molecule has 2 N–H and O–H groups in total. The van der Waals surface area contributed by atoms with Crippen LogP contribution in [0.15, 0.2) is 24.8 Å². The summed E-state index contributed by atoms with van der Waals surface area (Å²) in [6, 6.07) is 1.53. The summed E-state index contributed by atoms with van der Waals surface area (Å²) in [6.45, 7) is 7.50. The molecule has 3 aromatic rings. The highest BCUT2D eigenvalue weighted by molar-refractivity contribution is 6.34. The molecule has 10 nitrogen and oxygen atoms in total. The molecule has 2 amide bonds. The molecule has 4 heterocycles. The fourth-order valence-electron chi connectivity index (χ4n) is 5.73. The molecule has 0 unspecified atom stereocenters. The number of ether oxygens (including phenoxy) is 1. The van der Waals surface area contributed by atoms with Gasteiger partial charge in [-0.2, -0.15) is 23.1 Å². The van der Waals surface area contributed by atoms with Gasteiger partial charge in [0.25, 0.3) is 0 Å². The molecule has 15 heteroatoms. The van der Waals surface area contributed by atoms with E-state index >= 15 is 4.39 Å². The van der Waals surface area contributed by atoms with Crippen LogP contribution in [0.3, 0.4) is 0 Å². The lowest BCUT2D eigenvalue weighted by molar-refractivity contribution is -0.137. The predicted molar refractivity (Wildman–Crippen MR) is 157 cm³/mol. The van der Waals surface area contributed by atoms with E-state index in [-0.39, 0.29) is 69.6 Å². The number of rotatable bonds is 6. The SMILES string of the molecule is C=CC(=O)N1CCN(c2nc(OC[C@@H]3CCC(=O)N3C)nc3c(F)c(-c4nc(N)cc(C)c4C(F)(F)F)c(Cl)cc23)[C@@H](C)C1. The van der Waals surface area contributed by atoms with Crippen molar-refractivity contribution in [2.75, 3.05) is 43.9 Å².